The molecule has 0 bridgehead atoms. The second kappa shape index (κ2) is 5.19. The van der Waals surface area contributed by atoms with Crippen molar-refractivity contribution < 1.29 is 4.79 Å². The minimum absolute atomic E-state index is 0.236. The average molecular weight is 261 g/mol. The molecule has 1 saturated heterocycles. The first-order valence-corrected chi connectivity index (χ1v) is 6.86. The van der Waals surface area contributed by atoms with E-state index in [1.54, 1.807) is 0 Å². The Morgan fingerprint density at radius 2 is 2.05 bits per heavy atom. The Balaban J connectivity index is 2.05. The van der Waals surface area contributed by atoms with E-state index in [-0.39, 0.29) is 11.3 Å². The number of nitrogens with zero attached hydrogens (tertiary/aromatic N) is 3. The third-order valence-electron chi connectivity index (χ3n) is 3.50. The molecule has 0 saturated carbocycles. The molecule has 1 aliphatic heterocycles. The van der Waals surface area contributed by atoms with Gasteiger partial charge in [0, 0.05) is 37.3 Å². The van der Waals surface area contributed by atoms with E-state index in [4.69, 9.17) is 0 Å². The van der Waals surface area contributed by atoms with Gasteiger partial charge in [-0.2, -0.15) is 0 Å². The van der Waals surface area contributed by atoms with Gasteiger partial charge in [0.2, 0.25) is 5.91 Å². The van der Waals surface area contributed by atoms with Crippen molar-refractivity contribution in [3.63, 3.8) is 0 Å². The molecule has 0 unspecified atom stereocenters. The zero-order valence-corrected chi connectivity index (χ0v) is 12.3. The van der Waals surface area contributed by atoms with Crippen LogP contribution in [0.1, 0.15) is 27.7 Å². The third-order valence-corrected chi connectivity index (χ3v) is 3.50. The van der Waals surface area contributed by atoms with Gasteiger partial charge in [-0.25, -0.2) is 4.98 Å². The van der Waals surface area contributed by atoms with Crippen molar-refractivity contribution in [2.75, 3.05) is 24.5 Å². The number of hydrogen-bond acceptors (Lipinski definition) is 3. The van der Waals surface area contributed by atoms with Crippen LogP contribution in [-0.4, -0.2) is 41.5 Å². The Kier molecular flexibility index (Phi) is 3.78. The Labute approximate surface area is 115 Å². The topological polar surface area (TPSA) is 36.4 Å². The summed E-state index contributed by atoms with van der Waals surface area (Å²) in [6, 6.07) is 6.25. The monoisotopic (exact) mass is 261 g/mol. The molecule has 2 rings (SSSR count). The minimum atomic E-state index is -0.299. The molecule has 4 nitrogen and oxygen atoms in total. The number of piperazine rings is 1. The molecule has 1 aliphatic rings. The summed E-state index contributed by atoms with van der Waals surface area (Å²) in [4.78, 5) is 20.9. The predicted octanol–water partition coefficient (Wildman–Crippen LogP) is 2.16. The zero-order valence-electron chi connectivity index (χ0n) is 12.3. The minimum Gasteiger partial charge on any atom is -0.350 e. The maximum absolute atomic E-state index is 12.3. The largest absolute Gasteiger partial charge is 0.350 e. The van der Waals surface area contributed by atoms with Gasteiger partial charge in [-0.1, -0.05) is 26.8 Å². The summed E-state index contributed by atoms with van der Waals surface area (Å²) in [5.74, 6) is 1.23. The van der Waals surface area contributed by atoms with Crippen molar-refractivity contribution in [3.8, 4) is 0 Å². The third kappa shape index (κ3) is 3.06. The molecular formula is C15H23N3O. The van der Waals surface area contributed by atoms with E-state index < -0.39 is 0 Å². The first kappa shape index (κ1) is 13.8. The van der Waals surface area contributed by atoms with Crippen LogP contribution in [0.15, 0.2) is 24.4 Å². The van der Waals surface area contributed by atoms with Gasteiger partial charge in [-0.05, 0) is 19.1 Å². The standard InChI is InChI=1S/C15H23N3O/c1-12-11-17(14(19)15(2,3)4)9-10-18(12)13-7-5-6-8-16-13/h5-8,12H,9-11H2,1-4H3/t12-/m1/s1. The second-order valence-corrected chi connectivity index (χ2v) is 6.23. The van der Waals surface area contributed by atoms with Crippen LogP contribution in [-0.2, 0) is 4.79 Å². The van der Waals surface area contributed by atoms with Gasteiger partial charge in [0.25, 0.3) is 0 Å². The summed E-state index contributed by atoms with van der Waals surface area (Å²) in [5.41, 5.74) is -0.299. The normalized spacial score (nSPS) is 20.5. The molecule has 1 amide bonds. The summed E-state index contributed by atoms with van der Waals surface area (Å²) in [5, 5.41) is 0. The van der Waals surface area contributed by atoms with Crippen LogP contribution in [0.3, 0.4) is 0 Å². The average Bonchev–Trinajstić information content (AvgIpc) is 2.37. The summed E-state index contributed by atoms with van der Waals surface area (Å²) < 4.78 is 0. The van der Waals surface area contributed by atoms with Gasteiger partial charge in [-0.3, -0.25) is 4.79 Å². The Hall–Kier alpha value is -1.58. The Morgan fingerprint density at radius 1 is 1.32 bits per heavy atom. The van der Waals surface area contributed by atoms with Crippen molar-refractivity contribution >= 4 is 11.7 Å². The van der Waals surface area contributed by atoms with Gasteiger partial charge in [0.1, 0.15) is 5.82 Å². The molecular weight excluding hydrogens is 238 g/mol. The zero-order chi connectivity index (χ0) is 14.0. The number of amides is 1. The van der Waals surface area contributed by atoms with Crippen LogP contribution in [0.4, 0.5) is 5.82 Å². The quantitative estimate of drug-likeness (QED) is 0.777. The van der Waals surface area contributed by atoms with Gasteiger partial charge >= 0.3 is 0 Å². The van der Waals surface area contributed by atoms with Gasteiger partial charge in [-0.15, -0.1) is 0 Å². The first-order valence-electron chi connectivity index (χ1n) is 6.86. The molecule has 0 spiro atoms. The highest BCUT2D eigenvalue weighted by Gasteiger charge is 2.32. The molecule has 1 aromatic heterocycles. The van der Waals surface area contributed by atoms with Gasteiger partial charge < -0.3 is 9.80 Å². The lowest BCUT2D eigenvalue weighted by Crippen LogP contribution is -2.56. The highest BCUT2D eigenvalue weighted by atomic mass is 16.2. The fourth-order valence-corrected chi connectivity index (χ4v) is 2.48. The molecule has 0 N–H and O–H groups in total. The van der Waals surface area contributed by atoms with Crippen LogP contribution in [0.5, 0.6) is 0 Å². The van der Waals surface area contributed by atoms with E-state index in [2.05, 4.69) is 16.8 Å². The number of carbonyl (C=O) groups excluding carboxylic acids is 1. The van der Waals surface area contributed by atoms with Gasteiger partial charge in [0.05, 0.1) is 0 Å². The van der Waals surface area contributed by atoms with Crippen LogP contribution in [0.25, 0.3) is 0 Å². The van der Waals surface area contributed by atoms with E-state index in [1.165, 1.54) is 0 Å². The number of pyridine rings is 1. The van der Waals surface area contributed by atoms with Crippen LogP contribution >= 0.6 is 0 Å². The van der Waals surface area contributed by atoms with Crippen LogP contribution < -0.4 is 4.90 Å². The van der Waals surface area contributed by atoms with Gasteiger partial charge in [0.15, 0.2) is 0 Å². The van der Waals surface area contributed by atoms with E-state index >= 15 is 0 Å². The number of anilines is 1. The van der Waals surface area contributed by atoms with Crippen molar-refractivity contribution in [1.29, 1.82) is 0 Å². The number of rotatable bonds is 1. The Morgan fingerprint density at radius 3 is 2.58 bits per heavy atom. The van der Waals surface area contributed by atoms with E-state index in [9.17, 15) is 4.79 Å². The highest BCUT2D eigenvalue weighted by Crippen LogP contribution is 2.22. The lowest BCUT2D eigenvalue weighted by molar-refractivity contribution is -0.140. The molecule has 0 aliphatic carbocycles. The fourth-order valence-electron chi connectivity index (χ4n) is 2.48. The highest BCUT2D eigenvalue weighted by molar-refractivity contribution is 5.81. The predicted molar refractivity (Wildman–Crippen MR) is 77.1 cm³/mol. The van der Waals surface area contributed by atoms with Crippen molar-refractivity contribution in [3.05, 3.63) is 24.4 Å². The van der Waals surface area contributed by atoms with E-state index in [0.717, 1.165) is 25.5 Å². The lowest BCUT2D eigenvalue weighted by atomic mass is 9.94. The molecule has 1 aromatic rings. The molecule has 4 heteroatoms. The maximum atomic E-state index is 12.3. The van der Waals surface area contributed by atoms with Crippen molar-refractivity contribution in [2.24, 2.45) is 5.41 Å². The SMILES string of the molecule is C[C@@H]1CN(C(=O)C(C)(C)C)CCN1c1ccccn1. The molecule has 19 heavy (non-hydrogen) atoms. The molecule has 1 atom stereocenters. The van der Waals surface area contributed by atoms with Crippen LogP contribution in [0.2, 0.25) is 0 Å². The van der Waals surface area contributed by atoms with E-state index in [1.807, 2.05) is 50.1 Å². The smallest absolute Gasteiger partial charge is 0.228 e. The number of carbonyl (C=O) groups is 1. The lowest BCUT2D eigenvalue weighted by Gasteiger charge is -2.42. The molecule has 0 radical (unpaired) electrons. The Bertz CT molecular complexity index is 438. The fraction of sp³-hybridized carbons (Fsp3) is 0.600. The van der Waals surface area contributed by atoms with Crippen LogP contribution in [0, 0.1) is 5.41 Å². The summed E-state index contributed by atoms with van der Waals surface area (Å²) in [7, 11) is 0. The second-order valence-electron chi connectivity index (χ2n) is 6.23. The maximum Gasteiger partial charge on any atom is 0.228 e. The summed E-state index contributed by atoms with van der Waals surface area (Å²) in [6.45, 7) is 10.5. The molecule has 2 heterocycles. The summed E-state index contributed by atoms with van der Waals surface area (Å²) in [6.07, 6.45) is 1.81. The molecule has 0 aromatic carbocycles. The molecule has 104 valence electrons. The van der Waals surface area contributed by atoms with Crippen molar-refractivity contribution in [2.45, 2.75) is 33.7 Å². The van der Waals surface area contributed by atoms with Crippen molar-refractivity contribution in [1.82, 2.24) is 9.88 Å². The number of aromatic nitrogens is 1. The number of hydrogen-bond donors (Lipinski definition) is 0. The first-order chi connectivity index (χ1) is 8.89. The van der Waals surface area contributed by atoms with E-state index in [0.29, 0.717) is 6.04 Å². The summed E-state index contributed by atoms with van der Waals surface area (Å²) >= 11 is 0. The molecule has 1 fully saturated rings.